The van der Waals surface area contributed by atoms with E-state index in [-0.39, 0.29) is 23.8 Å². The Hall–Kier alpha value is -14.1. The predicted molar refractivity (Wildman–Crippen MR) is 543 cm³/mol. The van der Waals surface area contributed by atoms with Crippen LogP contribution in [0.1, 0.15) is 129 Å². The minimum absolute atomic E-state index is 0.00415. The summed E-state index contributed by atoms with van der Waals surface area (Å²) in [5, 5.41) is 53.8. The molecule has 0 unspecified atom stereocenters. The number of imidazole rings is 4. The molecule has 0 atom stereocenters. The van der Waals surface area contributed by atoms with Crippen molar-refractivity contribution in [2.75, 3.05) is 114 Å². The van der Waals surface area contributed by atoms with Gasteiger partial charge >= 0.3 is 0 Å². The first-order valence-electron chi connectivity index (χ1n) is 45.2. The number of carbonyl (C=O) groups excluding carboxylic acids is 4. The second-order valence-corrected chi connectivity index (χ2v) is 40.7. The fraction of sp³-hybridized carbons (Fsp3) is 0.319. The Bertz CT molecular complexity index is 7570. The number of nitrogens with two attached hydrogens (primary N) is 1. The highest BCUT2D eigenvalue weighted by molar-refractivity contribution is 7.88. The summed E-state index contributed by atoms with van der Waals surface area (Å²) >= 11 is 5.53. The Morgan fingerprint density at radius 3 is 1.00 bits per heavy atom. The highest BCUT2D eigenvalue weighted by Gasteiger charge is 2.30. The molecule has 4 amide bonds. The molecule has 1 saturated heterocycles. The number of thiophene rings is 4. The Labute approximate surface area is 811 Å². The molecule has 12 N–H and O–H groups in total. The van der Waals surface area contributed by atoms with Crippen molar-refractivity contribution in [2.24, 2.45) is 33.9 Å². The molecular formula is C94H107N33O6S5. The number of nitrogens with one attached hydrogen (secondary N) is 10. The summed E-state index contributed by atoms with van der Waals surface area (Å²) < 4.78 is 40.4. The lowest BCUT2D eigenvalue weighted by molar-refractivity contribution is 0.0830. The molecule has 5 aliphatic rings. The number of fused-ring (bicyclic) bond motifs is 4. The molecule has 0 bridgehead atoms. The van der Waals surface area contributed by atoms with E-state index in [2.05, 4.69) is 122 Å². The van der Waals surface area contributed by atoms with Gasteiger partial charge in [-0.05, 0) is 168 Å². The second kappa shape index (κ2) is 40.7. The third kappa shape index (κ3) is 20.8. The fourth-order valence-corrected chi connectivity index (χ4v) is 21.8. The number of amides is 4. The van der Waals surface area contributed by atoms with Crippen LogP contribution in [-0.4, -0.2) is 236 Å². The van der Waals surface area contributed by atoms with Crippen molar-refractivity contribution in [1.82, 2.24) is 138 Å². The summed E-state index contributed by atoms with van der Waals surface area (Å²) in [7, 11) is 7.89. The number of rotatable bonds is 23. The Morgan fingerprint density at radius 1 is 0.435 bits per heavy atom. The highest BCUT2D eigenvalue weighted by atomic mass is 32.2. The standard InChI is InChI=1S/C27H33N9O3S2.2C23H26N8OS.C21H22N8OS/c1-17-11-23(40-24(17)27(37)31-20-6-9-35(10-7-20)41(3,38)39)33-25-26-29-14-22(19-13-30-34(2)15-19)36(26)16-21(32-25)18-5-4-8-28-12-18;1-14-8-19(33-20(14)23(32)29(2)3)28-21-22-25-11-18(16-10-26-30(4)12-16)31(22)13-17(27-21)15-6-5-7-24-9-15;1-4-25-23(32)20-14(2)8-19(33-20)29-21-22-26-11-18(16-10-27-30(3)12-16)31(22)13-17(28-21)15-6-5-7-24-9-15;1-12-6-17(31-18(12)19(22)30)27-20-21-24-9-16(14-8-25-28(2)10-14)29(21)11-15(26-20)13-4-3-5-23-7-13/h5,11,13-16,20,28H,4,6-10,12H2,1-3H3,(H,31,37)(H,32,33);6,8,10-13,24H,5,7,9H2,1-4H3,(H,27,28);6,8,10-13,24H,4-5,7,9H2,1-3H3,(H,25,32)(H,28,29);4,6,8-11,23H,3,5,7H2,1-2H3,(H2,22,30)(H,26,27). The van der Waals surface area contributed by atoms with E-state index in [1.165, 1.54) is 55.9 Å². The molecule has 21 heterocycles. The number of carbonyl (C=O) groups is 4. The van der Waals surface area contributed by atoms with E-state index in [1.807, 2.05) is 195 Å². The first-order chi connectivity index (χ1) is 66.6. The van der Waals surface area contributed by atoms with Gasteiger partial charge in [-0.1, -0.05) is 24.3 Å². The molecular weight excluding hydrogens is 1850 g/mol. The van der Waals surface area contributed by atoms with E-state index in [1.54, 1.807) is 37.7 Å². The molecule has 0 radical (unpaired) electrons. The van der Waals surface area contributed by atoms with E-state index in [0.717, 1.165) is 210 Å². The quantitative estimate of drug-likeness (QED) is 0.0283. The Balaban J connectivity index is 0.000000123. The lowest BCUT2D eigenvalue weighted by Crippen LogP contribution is -2.46. The van der Waals surface area contributed by atoms with E-state index in [0.29, 0.717) is 97.8 Å². The largest absolute Gasteiger partial charge is 0.365 e. The lowest BCUT2D eigenvalue weighted by Gasteiger charge is -2.30. The van der Waals surface area contributed by atoms with Gasteiger partial charge < -0.3 is 63.8 Å². The van der Waals surface area contributed by atoms with Crippen molar-refractivity contribution in [3.05, 3.63) is 212 Å². The molecule has 5 aliphatic heterocycles. The molecule has 16 aromatic rings. The van der Waals surface area contributed by atoms with Crippen LogP contribution >= 0.6 is 45.3 Å². The number of piperidine rings is 1. The average molecular weight is 1960 g/mol. The number of hydrogen-bond donors (Lipinski definition) is 11. The van der Waals surface area contributed by atoms with Crippen molar-refractivity contribution >= 4 is 167 Å². The predicted octanol–water partition coefficient (Wildman–Crippen LogP) is 12.2. The molecule has 0 aromatic carbocycles. The molecule has 0 aliphatic carbocycles. The van der Waals surface area contributed by atoms with Crippen molar-refractivity contribution in [3.8, 4) is 45.0 Å². The number of sulfonamides is 1. The van der Waals surface area contributed by atoms with Gasteiger partial charge in [-0.3, -0.25) is 55.5 Å². The van der Waals surface area contributed by atoms with E-state index < -0.39 is 15.9 Å². The van der Waals surface area contributed by atoms with Gasteiger partial charge in [0.2, 0.25) is 10.0 Å². The summed E-state index contributed by atoms with van der Waals surface area (Å²) in [4.78, 5) is 92.3. The summed E-state index contributed by atoms with van der Waals surface area (Å²) in [5.41, 5.74) is 27.5. The average Bonchev–Trinajstić information content (AvgIpc) is 1.63. The topological polar surface area (TPSA) is 447 Å². The van der Waals surface area contributed by atoms with Gasteiger partial charge in [-0.2, -0.15) is 20.4 Å². The van der Waals surface area contributed by atoms with Crippen molar-refractivity contribution in [1.29, 1.82) is 0 Å². The van der Waals surface area contributed by atoms with Crippen LogP contribution in [0.4, 0.5) is 43.3 Å². The van der Waals surface area contributed by atoms with Crippen LogP contribution in [0.25, 0.3) is 89.9 Å². The molecule has 0 spiro atoms. The number of primary amides is 1. The lowest BCUT2D eigenvalue weighted by atomic mass is 10.1. The third-order valence-corrected chi connectivity index (χ3v) is 29.8. The number of aromatic nitrogens is 20. The number of hydrogen-bond acceptors (Lipinski definition) is 30. The summed E-state index contributed by atoms with van der Waals surface area (Å²) in [5.74, 6) is 1.89. The molecule has 21 rings (SSSR count). The van der Waals surface area contributed by atoms with Crippen LogP contribution in [0.3, 0.4) is 0 Å². The maximum Gasteiger partial charge on any atom is 0.263 e. The Morgan fingerprint density at radius 2 is 0.732 bits per heavy atom. The maximum atomic E-state index is 13.2. The minimum atomic E-state index is -3.21. The van der Waals surface area contributed by atoms with Gasteiger partial charge in [-0.15, -0.1) is 45.3 Å². The number of aryl methyl sites for hydroxylation is 8. The normalized spacial score (nSPS) is 14.9. The number of anilines is 8. The third-order valence-electron chi connectivity index (χ3n) is 23.9. The van der Waals surface area contributed by atoms with Gasteiger partial charge in [-0.25, -0.2) is 52.6 Å². The van der Waals surface area contributed by atoms with E-state index in [4.69, 9.17) is 30.7 Å². The van der Waals surface area contributed by atoms with E-state index in [9.17, 15) is 27.6 Å². The van der Waals surface area contributed by atoms with Gasteiger partial charge in [0, 0.05) is 166 Å². The smallest absolute Gasteiger partial charge is 0.263 e. The molecule has 39 nitrogen and oxygen atoms in total. The van der Waals surface area contributed by atoms with E-state index >= 15 is 0 Å². The SMILES string of the molecule is CCNC(=O)c1sc(Nc2nc(C3=CCCNC3)cn3c(-c4cnn(C)c4)cnc23)cc1C.Cc1cc(Nc2nc(C3=CCCNC3)cn3c(-c4cnn(C)c4)cnc23)sc1C(=O)N(C)C.Cc1cc(Nc2nc(C3=CCCNC3)cn3c(-c4cnn(C)c4)cnc23)sc1C(=O)NC1CCN(S(C)(=O)=O)CC1.Cc1cc(Nc2nc(C3=CCCNC3)cn3c(-c4cnn(C)c4)cnc23)sc1C(N)=O. The van der Waals surface area contributed by atoms with Crippen LogP contribution in [0, 0.1) is 27.7 Å². The van der Waals surface area contributed by atoms with Crippen molar-refractivity contribution < 1.29 is 27.6 Å². The van der Waals surface area contributed by atoms with Crippen LogP contribution in [0.15, 0.2) is 148 Å². The minimum Gasteiger partial charge on any atom is -0.365 e. The molecule has 138 heavy (non-hydrogen) atoms. The maximum absolute atomic E-state index is 13.2. The van der Waals surface area contributed by atoms with Crippen LogP contribution < -0.4 is 58.9 Å². The fourth-order valence-electron chi connectivity index (χ4n) is 16.9. The summed E-state index contributed by atoms with van der Waals surface area (Å²) in [6.07, 6.45) is 45.7. The molecule has 1 fully saturated rings. The number of nitrogens with zero attached hydrogens (tertiary/aromatic N) is 22. The zero-order valence-electron chi connectivity index (χ0n) is 78.4. The molecule has 714 valence electrons. The Kier molecular flexibility index (Phi) is 27.8. The van der Waals surface area contributed by atoms with Crippen molar-refractivity contribution in [2.45, 2.75) is 79.2 Å². The molecule has 44 heteroatoms. The van der Waals surface area contributed by atoms with Crippen LogP contribution in [0.2, 0.25) is 0 Å². The molecule has 16 aromatic heterocycles. The zero-order valence-corrected chi connectivity index (χ0v) is 82.4. The first-order valence-corrected chi connectivity index (χ1v) is 50.3. The monoisotopic (exact) mass is 1950 g/mol. The summed E-state index contributed by atoms with van der Waals surface area (Å²) in [6, 6.07) is 7.75. The highest BCUT2D eigenvalue weighted by Crippen LogP contribution is 2.40. The second-order valence-electron chi connectivity index (χ2n) is 34.5. The zero-order chi connectivity index (χ0) is 96.3. The first kappa shape index (κ1) is 94.3. The van der Waals surface area contributed by atoms with Gasteiger partial charge in [0.15, 0.2) is 45.9 Å². The molecule has 0 saturated carbocycles. The van der Waals surface area contributed by atoms with Gasteiger partial charge in [0.1, 0.15) is 0 Å². The van der Waals surface area contributed by atoms with Crippen molar-refractivity contribution in [3.63, 3.8) is 0 Å². The van der Waals surface area contributed by atoms with Crippen LogP contribution in [0.5, 0.6) is 0 Å². The summed E-state index contributed by atoms with van der Waals surface area (Å²) in [6.45, 7) is 17.9. The van der Waals surface area contributed by atoms with Gasteiger partial charge in [0.05, 0.1) is 141 Å². The van der Waals surface area contributed by atoms with Crippen LogP contribution in [-0.2, 0) is 38.2 Å². The van der Waals surface area contributed by atoms with Gasteiger partial charge in [0.25, 0.3) is 23.6 Å².